The Bertz CT molecular complexity index is 447. The first-order valence-electron chi connectivity index (χ1n) is 8.34. The summed E-state index contributed by atoms with van der Waals surface area (Å²) in [6, 6.07) is 0. The second-order valence-corrected chi connectivity index (χ2v) is 8.21. The van der Waals surface area contributed by atoms with Crippen molar-refractivity contribution in [2.45, 2.75) is 44.9 Å². The van der Waals surface area contributed by atoms with Crippen molar-refractivity contribution in [3.8, 4) is 0 Å². The van der Waals surface area contributed by atoms with Crippen LogP contribution >= 0.6 is 0 Å². The Morgan fingerprint density at radius 3 is 2.13 bits per heavy atom. The van der Waals surface area contributed by atoms with Crippen LogP contribution in [0.15, 0.2) is 12.7 Å². The summed E-state index contributed by atoms with van der Waals surface area (Å²) >= 11 is 0. The maximum absolute atomic E-state index is 11.0. The molecule has 0 bridgehead atoms. The molecule has 0 aliphatic rings. The average Bonchev–Trinajstić information content (AvgIpc) is 2.45. The largest absolute Gasteiger partial charge is 0.352 e. The lowest BCUT2D eigenvalue weighted by molar-refractivity contribution is -0.890. The van der Waals surface area contributed by atoms with Gasteiger partial charge in [-0.2, -0.15) is 8.42 Å². The Labute approximate surface area is 141 Å². The van der Waals surface area contributed by atoms with Gasteiger partial charge in [0.15, 0.2) is 0 Å². The van der Waals surface area contributed by atoms with Crippen LogP contribution in [0, 0.1) is 0 Å². The van der Waals surface area contributed by atoms with E-state index >= 15 is 0 Å². The summed E-state index contributed by atoms with van der Waals surface area (Å²) in [5.41, 5.74) is 0. The fourth-order valence-corrected chi connectivity index (χ4v) is 3.00. The van der Waals surface area contributed by atoms with Crippen LogP contribution in [0.5, 0.6) is 0 Å². The lowest BCUT2D eigenvalue weighted by Gasteiger charge is -2.30. The summed E-state index contributed by atoms with van der Waals surface area (Å²) in [6.07, 6.45) is 8.01. The molecule has 0 radical (unpaired) electrons. The molecule has 2 N–H and O–H groups in total. The number of carbonyl (C=O) groups is 1. The number of rotatable bonds is 14. The van der Waals surface area contributed by atoms with Crippen LogP contribution in [-0.2, 0) is 14.9 Å². The number of hydrogen-bond acceptors (Lipinski definition) is 3. The molecule has 0 heterocycles. The van der Waals surface area contributed by atoms with Crippen LogP contribution in [-0.4, -0.2) is 62.8 Å². The normalized spacial score (nSPS) is 12.1. The molecule has 0 unspecified atom stereocenters. The molecule has 136 valence electrons. The lowest BCUT2D eigenvalue weighted by atomic mass is 10.1. The Morgan fingerprint density at radius 1 is 1.04 bits per heavy atom. The molecule has 0 rings (SSSR count). The third-order valence-electron chi connectivity index (χ3n) is 3.84. The van der Waals surface area contributed by atoms with Crippen molar-refractivity contribution in [2.24, 2.45) is 0 Å². The zero-order valence-corrected chi connectivity index (χ0v) is 15.4. The van der Waals surface area contributed by atoms with Gasteiger partial charge in [0.05, 0.1) is 32.9 Å². The van der Waals surface area contributed by atoms with Crippen molar-refractivity contribution >= 4 is 16.0 Å². The maximum atomic E-state index is 11.0. The van der Waals surface area contributed by atoms with E-state index in [2.05, 4.69) is 26.0 Å². The van der Waals surface area contributed by atoms with Gasteiger partial charge in [-0.1, -0.05) is 25.8 Å². The maximum Gasteiger partial charge on any atom is 0.264 e. The van der Waals surface area contributed by atoms with Gasteiger partial charge in [0, 0.05) is 13.0 Å². The van der Waals surface area contributed by atoms with Gasteiger partial charge in [-0.15, -0.1) is 0 Å². The Kier molecular flexibility index (Phi) is 11.1. The van der Waals surface area contributed by atoms with Crippen molar-refractivity contribution in [2.75, 3.05) is 39.5 Å². The molecule has 0 aliphatic carbocycles. The van der Waals surface area contributed by atoms with Gasteiger partial charge in [-0.05, 0) is 25.3 Å². The van der Waals surface area contributed by atoms with Crippen LogP contribution in [0.3, 0.4) is 0 Å². The van der Waals surface area contributed by atoms with Crippen molar-refractivity contribution in [1.82, 2.24) is 5.32 Å². The number of amides is 1. The van der Waals surface area contributed by atoms with E-state index in [0.29, 0.717) is 13.0 Å². The molecule has 0 aromatic rings. The molecular formula is C16H33N2O4S+. The SMILES string of the molecule is C=CC(=O)NCCC[N+](C)(C)CCCCCCCCS(=O)(=O)O. The van der Waals surface area contributed by atoms with E-state index in [1.54, 1.807) is 0 Å². The summed E-state index contributed by atoms with van der Waals surface area (Å²) in [5.74, 6) is -0.247. The highest BCUT2D eigenvalue weighted by molar-refractivity contribution is 7.85. The number of unbranched alkanes of at least 4 members (excludes halogenated alkanes) is 5. The van der Waals surface area contributed by atoms with Crippen LogP contribution < -0.4 is 5.32 Å². The van der Waals surface area contributed by atoms with Crippen LogP contribution in [0.25, 0.3) is 0 Å². The van der Waals surface area contributed by atoms with Gasteiger partial charge in [0.2, 0.25) is 5.91 Å². The van der Waals surface area contributed by atoms with Crippen molar-refractivity contribution < 1.29 is 22.2 Å². The second-order valence-electron chi connectivity index (χ2n) is 6.64. The molecule has 0 saturated heterocycles. The quantitative estimate of drug-likeness (QED) is 0.217. The van der Waals surface area contributed by atoms with Crippen molar-refractivity contribution in [1.29, 1.82) is 0 Å². The summed E-state index contributed by atoms with van der Waals surface area (Å²) < 4.78 is 30.7. The zero-order valence-electron chi connectivity index (χ0n) is 14.6. The Hall–Kier alpha value is -0.920. The fourth-order valence-electron chi connectivity index (χ4n) is 2.43. The van der Waals surface area contributed by atoms with Crippen LogP contribution in [0.2, 0.25) is 0 Å². The van der Waals surface area contributed by atoms with E-state index in [1.807, 2.05) is 0 Å². The summed E-state index contributed by atoms with van der Waals surface area (Å²) in [7, 11) is 0.598. The van der Waals surface area contributed by atoms with Crippen molar-refractivity contribution in [3.63, 3.8) is 0 Å². The summed E-state index contributed by atoms with van der Waals surface area (Å²) in [6.45, 7) is 6.22. The smallest absolute Gasteiger partial charge is 0.264 e. The van der Waals surface area contributed by atoms with E-state index in [-0.39, 0.29) is 11.7 Å². The van der Waals surface area contributed by atoms with Gasteiger partial charge in [0.1, 0.15) is 0 Å². The van der Waals surface area contributed by atoms with E-state index in [1.165, 1.54) is 6.08 Å². The molecule has 6 nitrogen and oxygen atoms in total. The number of carbonyl (C=O) groups excluding carboxylic acids is 1. The second kappa shape index (κ2) is 11.6. The molecule has 0 aromatic heterocycles. The zero-order chi connectivity index (χ0) is 17.8. The third-order valence-corrected chi connectivity index (χ3v) is 4.65. The minimum atomic E-state index is -3.79. The monoisotopic (exact) mass is 349 g/mol. The van der Waals surface area contributed by atoms with Crippen LogP contribution in [0.1, 0.15) is 44.9 Å². The van der Waals surface area contributed by atoms with Crippen molar-refractivity contribution in [3.05, 3.63) is 12.7 Å². The van der Waals surface area contributed by atoms with Gasteiger partial charge >= 0.3 is 0 Å². The minimum Gasteiger partial charge on any atom is -0.352 e. The molecule has 0 aliphatic heterocycles. The van der Waals surface area contributed by atoms with Crippen LogP contribution in [0.4, 0.5) is 0 Å². The molecule has 0 spiro atoms. The molecule has 0 aromatic carbocycles. The van der Waals surface area contributed by atoms with E-state index < -0.39 is 10.1 Å². The highest BCUT2D eigenvalue weighted by Crippen LogP contribution is 2.09. The highest BCUT2D eigenvalue weighted by atomic mass is 32.2. The first kappa shape index (κ1) is 22.1. The molecular weight excluding hydrogens is 316 g/mol. The highest BCUT2D eigenvalue weighted by Gasteiger charge is 2.13. The standard InChI is InChI=1S/C16H32N2O4S/c1-4-16(19)17-12-11-14-18(2,3)13-9-7-5-6-8-10-15-23(20,21)22/h4H,1,5-15H2,2-3H3,(H-,17,19,20,21,22)/p+1. The van der Waals surface area contributed by atoms with E-state index in [4.69, 9.17) is 4.55 Å². The Balaban J connectivity index is 3.54. The summed E-state index contributed by atoms with van der Waals surface area (Å²) in [5, 5.41) is 2.78. The topological polar surface area (TPSA) is 83.5 Å². The van der Waals surface area contributed by atoms with E-state index in [0.717, 1.165) is 56.1 Å². The van der Waals surface area contributed by atoms with E-state index in [9.17, 15) is 13.2 Å². The average molecular weight is 350 g/mol. The number of nitrogens with one attached hydrogen (secondary N) is 1. The summed E-state index contributed by atoms with van der Waals surface area (Å²) in [4.78, 5) is 11.0. The first-order chi connectivity index (χ1) is 10.7. The predicted octanol–water partition coefficient (Wildman–Crippen LogP) is 1.98. The molecule has 0 fully saturated rings. The number of quaternary nitrogens is 1. The molecule has 1 amide bonds. The molecule has 0 saturated carbocycles. The first-order valence-corrected chi connectivity index (χ1v) is 9.95. The molecule has 0 atom stereocenters. The fraction of sp³-hybridized carbons (Fsp3) is 0.812. The Morgan fingerprint density at radius 2 is 1.57 bits per heavy atom. The third kappa shape index (κ3) is 15.7. The van der Waals surface area contributed by atoms with Gasteiger partial charge in [0.25, 0.3) is 10.1 Å². The van der Waals surface area contributed by atoms with Gasteiger partial charge in [-0.3, -0.25) is 9.35 Å². The molecule has 23 heavy (non-hydrogen) atoms. The number of nitrogens with zero attached hydrogens (tertiary/aromatic N) is 1. The van der Waals surface area contributed by atoms with Gasteiger partial charge in [-0.25, -0.2) is 0 Å². The number of hydrogen-bond donors (Lipinski definition) is 2. The minimum absolute atomic E-state index is 0.121. The molecule has 7 heteroatoms. The predicted molar refractivity (Wildman–Crippen MR) is 93.8 cm³/mol. The van der Waals surface area contributed by atoms with Gasteiger partial charge < -0.3 is 9.80 Å². The lowest BCUT2D eigenvalue weighted by Crippen LogP contribution is -2.42.